The molecule has 2 heterocycles. The number of methoxy groups -OCH3 is 2. The number of hydrogen-bond acceptors (Lipinski definition) is 5. The molecule has 0 saturated carbocycles. The number of rotatable bonds is 5. The zero-order valence-corrected chi connectivity index (χ0v) is 14.8. The summed E-state index contributed by atoms with van der Waals surface area (Å²) in [5, 5.41) is 4.53. The number of benzene rings is 1. The molecule has 2 aromatic heterocycles. The van der Waals surface area contributed by atoms with Gasteiger partial charge in [-0.1, -0.05) is 0 Å². The van der Waals surface area contributed by atoms with Gasteiger partial charge in [0.1, 0.15) is 11.5 Å². The Bertz CT molecular complexity index is 980. The number of aromatic nitrogens is 2. The number of pyridine rings is 2. The molecule has 0 aliphatic carbocycles. The van der Waals surface area contributed by atoms with Crippen molar-refractivity contribution in [3.05, 3.63) is 52.7 Å². The highest BCUT2D eigenvalue weighted by atomic mass is 16.5. The van der Waals surface area contributed by atoms with Crippen molar-refractivity contribution in [3.8, 4) is 22.6 Å². The van der Waals surface area contributed by atoms with E-state index in [1.54, 1.807) is 38.2 Å². The van der Waals surface area contributed by atoms with E-state index in [1.165, 1.54) is 0 Å². The highest BCUT2D eigenvalue weighted by Crippen LogP contribution is 2.38. The Balaban J connectivity index is 2.35. The molecule has 6 nitrogen and oxygen atoms in total. The molecular formula is C19H21N3O3. The summed E-state index contributed by atoms with van der Waals surface area (Å²) in [6.45, 7) is 0.664. The molecule has 0 bridgehead atoms. The van der Waals surface area contributed by atoms with E-state index in [1.807, 2.05) is 31.4 Å². The fourth-order valence-corrected chi connectivity index (χ4v) is 3.03. The second-order valence-electron chi connectivity index (χ2n) is 5.77. The van der Waals surface area contributed by atoms with Crippen LogP contribution < -0.4 is 20.3 Å². The van der Waals surface area contributed by atoms with Gasteiger partial charge in [0.05, 0.1) is 19.6 Å². The minimum atomic E-state index is -0.0791. The Labute approximate surface area is 146 Å². The molecule has 0 atom stereocenters. The first-order chi connectivity index (χ1) is 12.1. The van der Waals surface area contributed by atoms with Gasteiger partial charge in [0.2, 0.25) is 0 Å². The SMILES string of the molecule is CNCc1cc(OC)c(-c2cn(C)c(=O)c3cnccc23)cc1OC. The molecular weight excluding hydrogens is 318 g/mol. The Morgan fingerprint density at radius 1 is 1.12 bits per heavy atom. The van der Waals surface area contributed by atoms with Gasteiger partial charge in [0.15, 0.2) is 0 Å². The Kier molecular flexibility index (Phi) is 4.72. The second-order valence-corrected chi connectivity index (χ2v) is 5.77. The maximum absolute atomic E-state index is 12.4. The van der Waals surface area contributed by atoms with Gasteiger partial charge in [0, 0.05) is 48.9 Å². The van der Waals surface area contributed by atoms with E-state index in [0.717, 1.165) is 33.6 Å². The predicted molar refractivity (Wildman–Crippen MR) is 98.3 cm³/mol. The van der Waals surface area contributed by atoms with Crippen LogP contribution in [-0.2, 0) is 13.6 Å². The van der Waals surface area contributed by atoms with E-state index in [4.69, 9.17) is 9.47 Å². The molecule has 130 valence electrons. The Morgan fingerprint density at radius 3 is 2.56 bits per heavy atom. The molecule has 0 spiro atoms. The largest absolute Gasteiger partial charge is 0.496 e. The van der Waals surface area contributed by atoms with Crippen molar-refractivity contribution >= 4 is 10.8 Å². The van der Waals surface area contributed by atoms with Crippen molar-refractivity contribution in [3.63, 3.8) is 0 Å². The number of aryl methyl sites for hydroxylation is 1. The van der Waals surface area contributed by atoms with E-state index in [9.17, 15) is 4.79 Å². The third-order valence-electron chi connectivity index (χ3n) is 4.24. The number of ether oxygens (including phenoxy) is 2. The molecule has 1 aromatic carbocycles. The summed E-state index contributed by atoms with van der Waals surface area (Å²) in [6, 6.07) is 5.76. The molecule has 0 saturated heterocycles. The minimum Gasteiger partial charge on any atom is -0.496 e. The van der Waals surface area contributed by atoms with Gasteiger partial charge in [-0.05, 0) is 30.6 Å². The van der Waals surface area contributed by atoms with Crippen LogP contribution in [0.2, 0.25) is 0 Å². The van der Waals surface area contributed by atoms with Gasteiger partial charge in [0.25, 0.3) is 5.56 Å². The first-order valence-electron chi connectivity index (χ1n) is 7.94. The molecule has 1 N–H and O–H groups in total. The molecule has 25 heavy (non-hydrogen) atoms. The lowest BCUT2D eigenvalue weighted by molar-refractivity contribution is 0.399. The quantitative estimate of drug-likeness (QED) is 0.773. The van der Waals surface area contributed by atoms with E-state index in [2.05, 4.69) is 10.3 Å². The van der Waals surface area contributed by atoms with Crippen LogP contribution in [-0.4, -0.2) is 30.8 Å². The van der Waals surface area contributed by atoms with Gasteiger partial charge in [-0.2, -0.15) is 0 Å². The van der Waals surface area contributed by atoms with Crippen LogP contribution in [0, 0.1) is 0 Å². The van der Waals surface area contributed by atoms with Gasteiger partial charge in [-0.25, -0.2) is 0 Å². The van der Waals surface area contributed by atoms with Crippen LogP contribution in [0.25, 0.3) is 21.9 Å². The fourth-order valence-electron chi connectivity index (χ4n) is 3.03. The van der Waals surface area contributed by atoms with Crippen LogP contribution >= 0.6 is 0 Å². The molecule has 0 amide bonds. The van der Waals surface area contributed by atoms with Crippen LogP contribution in [0.3, 0.4) is 0 Å². The molecule has 0 fully saturated rings. The topological polar surface area (TPSA) is 65.4 Å². The fraction of sp³-hybridized carbons (Fsp3) is 0.263. The lowest BCUT2D eigenvalue weighted by Gasteiger charge is -2.17. The number of hydrogen-bond donors (Lipinski definition) is 1. The number of nitrogens with one attached hydrogen (secondary N) is 1. The van der Waals surface area contributed by atoms with Crippen molar-refractivity contribution in [2.45, 2.75) is 6.54 Å². The third-order valence-corrected chi connectivity index (χ3v) is 4.24. The van der Waals surface area contributed by atoms with Crippen LogP contribution in [0.15, 0.2) is 41.6 Å². The maximum Gasteiger partial charge on any atom is 0.259 e. The Morgan fingerprint density at radius 2 is 1.88 bits per heavy atom. The van der Waals surface area contributed by atoms with Crippen molar-refractivity contribution in [2.75, 3.05) is 21.3 Å². The van der Waals surface area contributed by atoms with E-state index < -0.39 is 0 Å². The standard InChI is InChI=1S/C19H21N3O3/c1-20-9-12-7-18(25-4)14(8-17(12)24-3)16-11-22(2)19(23)15-10-21-6-5-13(15)16/h5-8,10-11,20H,9H2,1-4H3. The average Bonchev–Trinajstić information content (AvgIpc) is 2.64. The van der Waals surface area contributed by atoms with Crippen LogP contribution in [0.5, 0.6) is 11.5 Å². The molecule has 0 aliphatic heterocycles. The highest BCUT2D eigenvalue weighted by molar-refractivity contribution is 5.97. The summed E-state index contributed by atoms with van der Waals surface area (Å²) in [6.07, 6.45) is 5.10. The number of nitrogens with zero attached hydrogens (tertiary/aromatic N) is 2. The number of fused-ring (bicyclic) bond motifs is 1. The summed E-state index contributed by atoms with van der Waals surface area (Å²) in [5.41, 5.74) is 2.68. The van der Waals surface area contributed by atoms with Crippen LogP contribution in [0.1, 0.15) is 5.56 Å². The summed E-state index contributed by atoms with van der Waals surface area (Å²) in [7, 11) is 6.90. The molecule has 3 aromatic rings. The molecule has 0 aliphatic rings. The minimum absolute atomic E-state index is 0.0791. The van der Waals surface area contributed by atoms with E-state index in [-0.39, 0.29) is 5.56 Å². The van der Waals surface area contributed by atoms with E-state index in [0.29, 0.717) is 11.9 Å². The highest BCUT2D eigenvalue weighted by Gasteiger charge is 2.16. The molecule has 6 heteroatoms. The summed E-state index contributed by atoms with van der Waals surface area (Å²) >= 11 is 0. The zero-order valence-electron chi connectivity index (χ0n) is 14.8. The maximum atomic E-state index is 12.4. The van der Waals surface area contributed by atoms with Crippen molar-refractivity contribution in [1.82, 2.24) is 14.9 Å². The Hall–Kier alpha value is -2.86. The lowest BCUT2D eigenvalue weighted by Crippen LogP contribution is -2.16. The molecule has 0 unspecified atom stereocenters. The van der Waals surface area contributed by atoms with Crippen molar-refractivity contribution < 1.29 is 9.47 Å². The van der Waals surface area contributed by atoms with Crippen molar-refractivity contribution in [1.29, 1.82) is 0 Å². The smallest absolute Gasteiger partial charge is 0.259 e. The zero-order chi connectivity index (χ0) is 18.0. The van der Waals surface area contributed by atoms with Gasteiger partial charge in [-0.3, -0.25) is 9.78 Å². The van der Waals surface area contributed by atoms with Crippen LogP contribution in [0.4, 0.5) is 0 Å². The van der Waals surface area contributed by atoms with E-state index >= 15 is 0 Å². The summed E-state index contributed by atoms with van der Waals surface area (Å²) in [5.74, 6) is 1.49. The lowest BCUT2D eigenvalue weighted by atomic mass is 9.98. The summed E-state index contributed by atoms with van der Waals surface area (Å²) in [4.78, 5) is 16.5. The van der Waals surface area contributed by atoms with Gasteiger partial charge in [-0.15, -0.1) is 0 Å². The molecule has 3 rings (SSSR count). The third kappa shape index (κ3) is 2.96. The average molecular weight is 339 g/mol. The monoisotopic (exact) mass is 339 g/mol. The second kappa shape index (κ2) is 6.94. The van der Waals surface area contributed by atoms with Gasteiger partial charge >= 0.3 is 0 Å². The normalized spacial score (nSPS) is 10.9. The van der Waals surface area contributed by atoms with Crippen molar-refractivity contribution in [2.24, 2.45) is 7.05 Å². The first-order valence-corrected chi connectivity index (χ1v) is 7.94. The van der Waals surface area contributed by atoms with Gasteiger partial charge < -0.3 is 19.4 Å². The molecule has 0 radical (unpaired) electrons. The predicted octanol–water partition coefficient (Wildman–Crippen LogP) is 2.34. The first kappa shape index (κ1) is 17.0. The summed E-state index contributed by atoms with van der Waals surface area (Å²) < 4.78 is 12.7.